The van der Waals surface area contributed by atoms with E-state index < -0.39 is 10.0 Å². The third-order valence-corrected chi connectivity index (χ3v) is 7.71. The summed E-state index contributed by atoms with van der Waals surface area (Å²) in [7, 11) is -1.97. The Morgan fingerprint density at radius 2 is 1.85 bits per heavy atom. The van der Waals surface area contributed by atoms with Crippen molar-refractivity contribution in [3.05, 3.63) is 72.2 Å². The lowest BCUT2D eigenvalue weighted by atomic mass is 9.96. The summed E-state index contributed by atoms with van der Waals surface area (Å²) in [5.41, 5.74) is 1.28. The Labute approximate surface area is 192 Å². The number of carbonyl (C=O) groups is 1. The molecule has 0 N–H and O–H groups in total. The lowest BCUT2D eigenvalue weighted by Crippen LogP contribution is -2.44. The number of hydrogen-bond donors (Lipinski definition) is 0. The van der Waals surface area contributed by atoms with Gasteiger partial charge in [0.25, 0.3) is 10.0 Å². The van der Waals surface area contributed by atoms with Gasteiger partial charge in [-0.15, -0.1) is 0 Å². The molecular weight excluding hydrogens is 445 g/mol. The van der Waals surface area contributed by atoms with Gasteiger partial charge in [-0.3, -0.25) is 9.78 Å². The molecule has 10 heteroatoms. The average Bonchev–Trinajstić information content (AvgIpc) is 3.17. The van der Waals surface area contributed by atoms with E-state index >= 15 is 0 Å². The minimum Gasteiger partial charge on any atom is -0.337 e. The van der Waals surface area contributed by atoms with Crippen molar-refractivity contribution >= 4 is 21.6 Å². The SMILES string of the molecule is Cc1nc(S(=O)(=O)N2CCC(C(=O)N(Cc3ccccn3)c3ccc(F)cc3)CC2)cn1C. The third-order valence-electron chi connectivity index (χ3n) is 5.94. The Morgan fingerprint density at radius 1 is 1.15 bits per heavy atom. The van der Waals surface area contributed by atoms with Crippen LogP contribution in [-0.4, -0.2) is 46.3 Å². The number of benzene rings is 1. The minimum atomic E-state index is -3.71. The van der Waals surface area contributed by atoms with Crippen molar-refractivity contribution in [2.45, 2.75) is 31.3 Å². The monoisotopic (exact) mass is 471 g/mol. The van der Waals surface area contributed by atoms with Crippen molar-refractivity contribution in [1.82, 2.24) is 18.8 Å². The van der Waals surface area contributed by atoms with Gasteiger partial charge in [0.1, 0.15) is 11.6 Å². The molecule has 0 unspecified atom stereocenters. The maximum Gasteiger partial charge on any atom is 0.262 e. The van der Waals surface area contributed by atoms with Crippen molar-refractivity contribution in [2.75, 3.05) is 18.0 Å². The number of aryl methyl sites for hydroxylation is 2. The summed E-state index contributed by atoms with van der Waals surface area (Å²) in [6.45, 7) is 2.46. The minimum absolute atomic E-state index is 0.0235. The number of carbonyl (C=O) groups excluding carboxylic acids is 1. The quantitative estimate of drug-likeness (QED) is 0.552. The molecule has 0 saturated carbocycles. The molecule has 1 fully saturated rings. The number of pyridine rings is 1. The highest BCUT2D eigenvalue weighted by molar-refractivity contribution is 7.89. The number of halogens is 1. The van der Waals surface area contributed by atoms with Crippen LogP contribution in [0.4, 0.5) is 10.1 Å². The van der Waals surface area contributed by atoms with E-state index in [4.69, 9.17) is 0 Å². The number of sulfonamides is 1. The molecule has 1 aromatic carbocycles. The zero-order chi connectivity index (χ0) is 23.6. The highest BCUT2D eigenvalue weighted by Gasteiger charge is 2.35. The van der Waals surface area contributed by atoms with Gasteiger partial charge in [-0.1, -0.05) is 6.07 Å². The first-order valence-corrected chi connectivity index (χ1v) is 12.2. The van der Waals surface area contributed by atoms with Crippen molar-refractivity contribution in [2.24, 2.45) is 13.0 Å². The molecule has 4 rings (SSSR count). The maximum atomic E-state index is 13.5. The molecular formula is C23H26FN5O3S. The Bertz CT molecular complexity index is 1200. The van der Waals surface area contributed by atoms with Gasteiger partial charge < -0.3 is 9.47 Å². The molecule has 2 aromatic heterocycles. The molecule has 33 heavy (non-hydrogen) atoms. The van der Waals surface area contributed by atoms with Crippen LogP contribution in [0.3, 0.4) is 0 Å². The van der Waals surface area contributed by atoms with Gasteiger partial charge >= 0.3 is 0 Å². The van der Waals surface area contributed by atoms with Crippen LogP contribution in [0.1, 0.15) is 24.4 Å². The van der Waals surface area contributed by atoms with Gasteiger partial charge in [-0.2, -0.15) is 4.31 Å². The Hall–Kier alpha value is -3.11. The fourth-order valence-electron chi connectivity index (χ4n) is 3.92. The molecule has 3 aromatic rings. The van der Waals surface area contributed by atoms with E-state index in [1.165, 1.54) is 22.6 Å². The number of piperidine rings is 1. The van der Waals surface area contributed by atoms with Crippen LogP contribution in [-0.2, 0) is 28.4 Å². The van der Waals surface area contributed by atoms with Crippen LogP contribution in [0, 0.1) is 18.7 Å². The second kappa shape index (κ2) is 9.40. The maximum absolute atomic E-state index is 13.5. The molecule has 1 saturated heterocycles. The topological polar surface area (TPSA) is 88.4 Å². The highest BCUT2D eigenvalue weighted by Crippen LogP contribution is 2.28. The second-order valence-electron chi connectivity index (χ2n) is 8.14. The zero-order valence-corrected chi connectivity index (χ0v) is 19.4. The number of anilines is 1. The molecule has 1 amide bonds. The molecule has 174 valence electrons. The van der Waals surface area contributed by atoms with E-state index in [0.717, 1.165) is 0 Å². The van der Waals surface area contributed by atoms with Crippen molar-refractivity contribution in [1.29, 1.82) is 0 Å². The van der Waals surface area contributed by atoms with E-state index in [2.05, 4.69) is 9.97 Å². The van der Waals surface area contributed by atoms with Crippen molar-refractivity contribution in [3.63, 3.8) is 0 Å². The molecule has 8 nitrogen and oxygen atoms in total. The Morgan fingerprint density at radius 3 is 2.42 bits per heavy atom. The van der Waals surface area contributed by atoms with E-state index in [0.29, 0.717) is 30.0 Å². The highest BCUT2D eigenvalue weighted by atomic mass is 32.2. The molecule has 0 bridgehead atoms. The largest absolute Gasteiger partial charge is 0.337 e. The van der Waals surface area contributed by atoms with Crippen LogP contribution >= 0.6 is 0 Å². The van der Waals surface area contributed by atoms with E-state index in [1.807, 2.05) is 12.1 Å². The summed E-state index contributed by atoms with van der Waals surface area (Å²) in [6.07, 6.45) is 3.95. The zero-order valence-electron chi connectivity index (χ0n) is 18.6. The summed E-state index contributed by atoms with van der Waals surface area (Å²) < 4.78 is 42.5. The summed E-state index contributed by atoms with van der Waals surface area (Å²) in [5.74, 6) is -0.246. The van der Waals surface area contributed by atoms with Gasteiger partial charge in [0.2, 0.25) is 5.91 Å². The van der Waals surface area contributed by atoms with Gasteiger partial charge in [-0.05, 0) is 56.2 Å². The number of imidazole rings is 1. The first-order chi connectivity index (χ1) is 15.8. The van der Waals surface area contributed by atoms with E-state index in [1.54, 1.807) is 47.8 Å². The molecule has 0 aliphatic carbocycles. The number of nitrogens with zero attached hydrogens (tertiary/aromatic N) is 5. The molecule has 0 radical (unpaired) electrons. The van der Waals surface area contributed by atoms with Crippen LogP contribution < -0.4 is 4.90 Å². The number of hydrogen-bond acceptors (Lipinski definition) is 5. The predicted molar refractivity (Wildman–Crippen MR) is 121 cm³/mol. The predicted octanol–water partition coefficient (Wildman–Crippen LogP) is 2.90. The van der Waals surface area contributed by atoms with E-state index in [-0.39, 0.29) is 42.3 Å². The summed E-state index contributed by atoms with van der Waals surface area (Å²) in [6, 6.07) is 11.2. The fourth-order valence-corrected chi connectivity index (χ4v) is 5.41. The van der Waals surface area contributed by atoms with Crippen molar-refractivity contribution in [3.8, 4) is 0 Å². The van der Waals surface area contributed by atoms with E-state index in [9.17, 15) is 17.6 Å². The summed E-state index contributed by atoms with van der Waals surface area (Å²) >= 11 is 0. The Kier molecular flexibility index (Phi) is 6.57. The molecule has 1 aliphatic heterocycles. The lowest BCUT2D eigenvalue weighted by Gasteiger charge is -2.33. The average molecular weight is 472 g/mol. The molecule has 3 heterocycles. The normalized spacial score (nSPS) is 15.5. The third kappa shape index (κ3) is 4.96. The van der Waals surface area contributed by atoms with Gasteiger partial charge in [0, 0.05) is 44.1 Å². The molecule has 0 atom stereocenters. The standard InChI is InChI=1S/C23H26FN5O3S/c1-17-26-22(16-27(17)2)33(31,32)28-13-10-18(11-14-28)23(30)29(15-20-5-3-4-12-25-20)21-8-6-19(24)7-9-21/h3-9,12,16,18H,10-11,13-15H2,1-2H3. The first-order valence-electron chi connectivity index (χ1n) is 10.7. The van der Waals surface area contributed by atoms with Gasteiger partial charge in [0.15, 0.2) is 5.03 Å². The lowest BCUT2D eigenvalue weighted by molar-refractivity contribution is -0.123. The Balaban J connectivity index is 1.50. The molecule has 1 aliphatic rings. The van der Waals surface area contributed by atoms with Gasteiger partial charge in [0.05, 0.1) is 12.2 Å². The van der Waals surface area contributed by atoms with Crippen LogP contribution in [0.2, 0.25) is 0 Å². The smallest absolute Gasteiger partial charge is 0.262 e. The molecule has 0 spiro atoms. The second-order valence-corrected chi connectivity index (χ2v) is 10.0. The number of rotatable bonds is 6. The summed E-state index contributed by atoms with van der Waals surface area (Å²) in [5, 5.41) is 0.0235. The van der Waals surface area contributed by atoms with Gasteiger partial charge in [-0.25, -0.2) is 17.8 Å². The number of aromatic nitrogens is 3. The van der Waals surface area contributed by atoms with Crippen LogP contribution in [0.25, 0.3) is 0 Å². The van der Waals surface area contributed by atoms with Crippen LogP contribution in [0.15, 0.2) is 59.9 Å². The fraction of sp³-hybridized carbons (Fsp3) is 0.348. The first kappa shape index (κ1) is 23.1. The van der Waals surface area contributed by atoms with Crippen LogP contribution in [0.5, 0.6) is 0 Å². The van der Waals surface area contributed by atoms with Crippen molar-refractivity contribution < 1.29 is 17.6 Å². The number of amides is 1. The summed E-state index contributed by atoms with van der Waals surface area (Å²) in [4.78, 5) is 23.5.